The number of aromatic nitrogens is 3. The van der Waals surface area contributed by atoms with Gasteiger partial charge in [-0.1, -0.05) is 188 Å². The summed E-state index contributed by atoms with van der Waals surface area (Å²) in [6, 6.07) is 66.1. The lowest BCUT2D eigenvalue weighted by Crippen LogP contribution is -2.29. The van der Waals surface area contributed by atoms with Crippen LogP contribution in [0.2, 0.25) is 0 Å². The molecule has 3 heteroatoms. The summed E-state index contributed by atoms with van der Waals surface area (Å²) in [5.41, 5.74) is 11.7. The Bertz CT molecular complexity index is 2380. The third-order valence-electron chi connectivity index (χ3n) is 9.64. The zero-order valence-electron chi connectivity index (χ0n) is 26.7. The minimum atomic E-state index is -0.591. The summed E-state index contributed by atoms with van der Waals surface area (Å²) in [7, 11) is 0. The van der Waals surface area contributed by atoms with Gasteiger partial charge in [0.15, 0.2) is 17.5 Å². The summed E-state index contributed by atoms with van der Waals surface area (Å²) in [6.45, 7) is 0. The maximum Gasteiger partial charge on any atom is 0.164 e. The Hall–Kier alpha value is -6.45. The third kappa shape index (κ3) is 4.70. The summed E-state index contributed by atoms with van der Waals surface area (Å²) >= 11 is 0. The van der Waals surface area contributed by atoms with Crippen molar-refractivity contribution < 1.29 is 0 Å². The second-order valence-electron chi connectivity index (χ2n) is 12.3. The van der Waals surface area contributed by atoms with Gasteiger partial charge in [-0.3, -0.25) is 0 Å². The van der Waals surface area contributed by atoms with Crippen molar-refractivity contribution in [2.75, 3.05) is 0 Å². The lowest BCUT2D eigenvalue weighted by Gasteiger charge is -2.35. The molecule has 0 atom stereocenters. The van der Waals surface area contributed by atoms with Crippen LogP contribution in [-0.2, 0) is 5.41 Å². The van der Waals surface area contributed by atoms with E-state index in [0.29, 0.717) is 17.5 Å². The first-order valence-electron chi connectivity index (χ1n) is 16.6. The predicted molar refractivity (Wildman–Crippen MR) is 199 cm³/mol. The minimum absolute atomic E-state index is 0.591. The van der Waals surface area contributed by atoms with Crippen LogP contribution in [0.25, 0.3) is 56.4 Å². The van der Waals surface area contributed by atoms with Crippen LogP contribution in [0, 0.1) is 0 Å². The molecule has 0 N–H and O–H groups in total. The molecule has 1 aliphatic carbocycles. The Morgan fingerprint density at radius 1 is 0.286 bits per heavy atom. The van der Waals surface area contributed by atoms with Crippen LogP contribution < -0.4 is 0 Å². The molecule has 0 aliphatic heterocycles. The number of hydrogen-bond acceptors (Lipinski definition) is 3. The summed E-state index contributed by atoms with van der Waals surface area (Å²) in [5, 5.41) is 0. The molecule has 0 bridgehead atoms. The van der Waals surface area contributed by atoms with Gasteiger partial charge in [-0.25, -0.2) is 15.0 Å². The Balaban J connectivity index is 1.37. The highest BCUT2D eigenvalue weighted by atomic mass is 15.0. The van der Waals surface area contributed by atoms with Crippen molar-refractivity contribution in [1.82, 2.24) is 15.0 Å². The lowest BCUT2D eigenvalue weighted by atomic mass is 9.66. The normalized spacial score (nSPS) is 12.7. The van der Waals surface area contributed by atoms with Crippen LogP contribution in [0.3, 0.4) is 0 Å². The minimum Gasteiger partial charge on any atom is -0.208 e. The van der Waals surface area contributed by atoms with E-state index in [0.717, 1.165) is 27.8 Å². The average Bonchev–Trinajstić information content (AvgIpc) is 3.50. The van der Waals surface area contributed by atoms with Crippen molar-refractivity contribution in [2.45, 2.75) is 5.41 Å². The molecule has 1 aromatic heterocycles. The van der Waals surface area contributed by atoms with Crippen molar-refractivity contribution in [1.29, 1.82) is 0 Å². The number of nitrogens with zero attached hydrogens (tertiary/aromatic N) is 3. The van der Waals surface area contributed by atoms with Gasteiger partial charge in [0.05, 0.1) is 5.41 Å². The molecule has 0 amide bonds. The molecule has 1 aliphatic rings. The predicted octanol–water partition coefficient (Wildman–Crippen LogP) is 10.9. The van der Waals surface area contributed by atoms with E-state index in [2.05, 4.69) is 164 Å². The van der Waals surface area contributed by atoms with Gasteiger partial charge in [0, 0.05) is 16.7 Å². The summed E-state index contributed by atoms with van der Waals surface area (Å²) in [5.74, 6) is 1.93. The maximum absolute atomic E-state index is 5.36. The molecule has 1 heterocycles. The largest absolute Gasteiger partial charge is 0.208 e. The number of benzene rings is 7. The highest BCUT2D eigenvalue weighted by Gasteiger charge is 2.47. The maximum atomic E-state index is 5.36. The molecule has 0 fully saturated rings. The molecule has 0 unspecified atom stereocenters. The molecule has 0 saturated heterocycles. The number of fused-ring (bicyclic) bond motifs is 3. The smallest absolute Gasteiger partial charge is 0.164 e. The molecule has 3 nitrogen and oxygen atoms in total. The van der Waals surface area contributed by atoms with Gasteiger partial charge in [-0.15, -0.1) is 0 Å². The van der Waals surface area contributed by atoms with E-state index in [4.69, 9.17) is 15.0 Å². The summed E-state index contributed by atoms with van der Waals surface area (Å²) < 4.78 is 0. The fraction of sp³-hybridized carbons (Fsp3) is 0.0217. The molecular formula is C46H31N3. The summed E-state index contributed by atoms with van der Waals surface area (Å²) in [4.78, 5) is 15.8. The van der Waals surface area contributed by atoms with Crippen LogP contribution in [0.15, 0.2) is 188 Å². The fourth-order valence-corrected chi connectivity index (χ4v) is 7.57. The van der Waals surface area contributed by atoms with Gasteiger partial charge >= 0.3 is 0 Å². The van der Waals surface area contributed by atoms with E-state index in [1.54, 1.807) is 0 Å². The Morgan fingerprint density at radius 3 is 1.35 bits per heavy atom. The van der Waals surface area contributed by atoms with E-state index in [9.17, 15) is 0 Å². The van der Waals surface area contributed by atoms with Gasteiger partial charge in [0.2, 0.25) is 0 Å². The SMILES string of the molecule is c1ccc(-c2nc(-c3ccccc3-c3ccccc3)nc(-c3cccc4c3C(c3ccccc3)(c3ccccc3)c3ccccc3-4)n2)cc1. The van der Waals surface area contributed by atoms with Gasteiger partial charge in [0.25, 0.3) is 0 Å². The topological polar surface area (TPSA) is 38.7 Å². The Morgan fingerprint density at radius 2 is 0.714 bits per heavy atom. The Labute approximate surface area is 286 Å². The van der Waals surface area contributed by atoms with Gasteiger partial charge in [0.1, 0.15) is 0 Å². The van der Waals surface area contributed by atoms with Gasteiger partial charge in [-0.05, 0) is 44.5 Å². The zero-order chi connectivity index (χ0) is 32.6. The van der Waals surface area contributed by atoms with Crippen molar-refractivity contribution in [3.05, 3.63) is 210 Å². The molecule has 7 aromatic carbocycles. The fourth-order valence-electron chi connectivity index (χ4n) is 7.57. The van der Waals surface area contributed by atoms with E-state index >= 15 is 0 Å². The zero-order valence-corrected chi connectivity index (χ0v) is 26.7. The number of rotatable bonds is 6. The van der Waals surface area contributed by atoms with E-state index < -0.39 is 5.41 Å². The van der Waals surface area contributed by atoms with E-state index in [1.807, 2.05) is 24.3 Å². The molecule has 9 rings (SSSR count). The molecule has 49 heavy (non-hydrogen) atoms. The summed E-state index contributed by atoms with van der Waals surface area (Å²) in [6.07, 6.45) is 0. The van der Waals surface area contributed by atoms with Crippen LogP contribution in [0.5, 0.6) is 0 Å². The monoisotopic (exact) mass is 625 g/mol. The van der Waals surface area contributed by atoms with E-state index in [1.165, 1.54) is 33.4 Å². The van der Waals surface area contributed by atoms with Crippen molar-refractivity contribution in [3.63, 3.8) is 0 Å². The van der Waals surface area contributed by atoms with Crippen LogP contribution in [0.4, 0.5) is 0 Å². The van der Waals surface area contributed by atoms with Crippen molar-refractivity contribution in [3.8, 4) is 56.4 Å². The molecule has 8 aromatic rings. The lowest BCUT2D eigenvalue weighted by molar-refractivity contribution is 0.769. The first-order chi connectivity index (χ1) is 24.3. The van der Waals surface area contributed by atoms with Gasteiger partial charge < -0.3 is 0 Å². The van der Waals surface area contributed by atoms with Crippen molar-refractivity contribution >= 4 is 0 Å². The van der Waals surface area contributed by atoms with Crippen molar-refractivity contribution in [2.24, 2.45) is 0 Å². The van der Waals surface area contributed by atoms with Crippen LogP contribution in [-0.4, -0.2) is 15.0 Å². The molecule has 0 radical (unpaired) electrons. The average molecular weight is 626 g/mol. The third-order valence-corrected chi connectivity index (χ3v) is 9.64. The standard InChI is InChI=1S/C46H31N3/c1-5-18-32(19-6-1)36-26-13-14-28-39(36)44-47-43(33-20-7-2-8-21-33)48-45(49-44)40-30-17-29-38-37-27-15-16-31-41(37)46(42(38)40,34-22-9-3-10-23-34)35-24-11-4-12-25-35/h1-31H. The quantitative estimate of drug-likeness (QED) is 0.185. The Kier molecular flexibility index (Phi) is 7.02. The molecule has 0 saturated carbocycles. The van der Waals surface area contributed by atoms with E-state index in [-0.39, 0.29) is 0 Å². The highest BCUT2D eigenvalue weighted by Crippen LogP contribution is 2.58. The second-order valence-corrected chi connectivity index (χ2v) is 12.3. The van der Waals surface area contributed by atoms with Gasteiger partial charge in [-0.2, -0.15) is 0 Å². The molecule has 0 spiro atoms. The first-order valence-corrected chi connectivity index (χ1v) is 16.6. The van der Waals surface area contributed by atoms with Crippen LogP contribution in [0.1, 0.15) is 22.3 Å². The highest BCUT2D eigenvalue weighted by molar-refractivity contribution is 5.92. The molecule has 230 valence electrons. The van der Waals surface area contributed by atoms with Crippen LogP contribution >= 0.6 is 0 Å². The second kappa shape index (κ2) is 12.0. The number of hydrogen-bond donors (Lipinski definition) is 0. The molecular weight excluding hydrogens is 595 g/mol. The first kappa shape index (κ1) is 28.7.